The number of allylic oxidation sites excluding steroid dienone is 4. The topological polar surface area (TPSA) is 127 Å². The Morgan fingerprint density at radius 2 is 1.80 bits per heavy atom. The average molecular weight is 926 g/mol. The van der Waals surface area contributed by atoms with Gasteiger partial charge >= 0.3 is 0 Å². The molecule has 69 heavy (non-hydrogen) atoms. The molecule has 5 aliphatic rings. The van der Waals surface area contributed by atoms with Crippen LogP contribution < -0.4 is 20.7 Å². The first-order chi connectivity index (χ1) is 33.3. The number of aromatic nitrogens is 3. The normalized spacial score (nSPS) is 24.6. The maximum Gasteiger partial charge on any atom is 0.253 e. The van der Waals surface area contributed by atoms with E-state index in [4.69, 9.17) is 4.98 Å². The van der Waals surface area contributed by atoms with Crippen LogP contribution in [0.2, 0.25) is 0 Å². The molecule has 5 aromatic rings. The quantitative estimate of drug-likeness (QED) is 0.112. The number of aryl methyl sites for hydroxylation is 3. The monoisotopic (exact) mass is 926 g/mol. The first-order valence-corrected chi connectivity index (χ1v) is 25.2. The van der Waals surface area contributed by atoms with E-state index in [1.807, 2.05) is 62.1 Å². The maximum absolute atomic E-state index is 13.9. The van der Waals surface area contributed by atoms with Gasteiger partial charge in [-0.15, -0.1) is 5.92 Å². The molecule has 358 valence electrons. The van der Waals surface area contributed by atoms with Gasteiger partial charge in [0.2, 0.25) is 0 Å². The van der Waals surface area contributed by atoms with Crippen molar-refractivity contribution in [1.29, 1.82) is 0 Å². The highest BCUT2D eigenvalue weighted by Gasteiger charge is 2.62. The number of H-pyrrole nitrogens is 1. The Balaban J connectivity index is 0.796. The molecule has 11 nitrogen and oxygen atoms in total. The van der Waals surface area contributed by atoms with Crippen LogP contribution in [-0.2, 0) is 24.8 Å². The lowest BCUT2D eigenvalue weighted by molar-refractivity contribution is -0.114. The van der Waals surface area contributed by atoms with Crippen LogP contribution in [-0.4, -0.2) is 81.7 Å². The summed E-state index contributed by atoms with van der Waals surface area (Å²) >= 11 is 0. The van der Waals surface area contributed by atoms with Gasteiger partial charge in [0.15, 0.2) is 5.78 Å². The average Bonchev–Trinajstić information content (AvgIpc) is 3.85. The summed E-state index contributed by atoms with van der Waals surface area (Å²) in [6.07, 6.45) is 13.5. The van der Waals surface area contributed by atoms with Gasteiger partial charge in [-0.05, 0) is 153 Å². The second-order valence-corrected chi connectivity index (χ2v) is 20.8. The molecule has 11 heteroatoms. The molecule has 0 bridgehead atoms. The Bertz CT molecular complexity index is 3000. The zero-order valence-corrected chi connectivity index (χ0v) is 41.3. The minimum Gasteiger partial charge on any atom is -0.377 e. The number of piperazine rings is 1. The zero-order chi connectivity index (χ0) is 48.2. The third kappa shape index (κ3) is 8.54. The van der Waals surface area contributed by atoms with E-state index < -0.39 is 5.60 Å². The molecule has 1 aliphatic heterocycles. The highest BCUT2D eigenvalue weighted by Crippen LogP contribution is 2.66. The van der Waals surface area contributed by atoms with Crippen molar-refractivity contribution >= 4 is 34.1 Å². The number of aliphatic hydroxyl groups is 1. The number of pyridine rings is 2. The van der Waals surface area contributed by atoms with Gasteiger partial charge in [0, 0.05) is 116 Å². The number of benzene rings is 2. The summed E-state index contributed by atoms with van der Waals surface area (Å²) in [4.78, 5) is 54.4. The van der Waals surface area contributed by atoms with Crippen molar-refractivity contribution < 1.29 is 14.7 Å². The number of hydrogen-bond acceptors (Lipinski definition) is 8. The zero-order valence-electron chi connectivity index (χ0n) is 41.3. The highest BCUT2D eigenvalue weighted by molar-refractivity contribution is 6.08. The summed E-state index contributed by atoms with van der Waals surface area (Å²) in [7, 11) is 4.15. The van der Waals surface area contributed by atoms with Crippen LogP contribution in [0.3, 0.4) is 0 Å². The number of anilines is 2. The Labute approximate surface area is 406 Å². The van der Waals surface area contributed by atoms with Crippen LogP contribution in [0.5, 0.6) is 0 Å². The van der Waals surface area contributed by atoms with Crippen molar-refractivity contribution in [3.8, 4) is 23.0 Å². The molecule has 2 saturated carbocycles. The van der Waals surface area contributed by atoms with Crippen LogP contribution in [0.1, 0.15) is 111 Å². The Kier molecular flexibility index (Phi) is 12.5. The minimum absolute atomic E-state index is 0.155. The molecule has 3 fully saturated rings. The van der Waals surface area contributed by atoms with Gasteiger partial charge in [0.1, 0.15) is 11.4 Å². The molecule has 2 aromatic carbocycles. The molecular weight excluding hydrogens is 859 g/mol. The van der Waals surface area contributed by atoms with Gasteiger partial charge in [-0.1, -0.05) is 43.9 Å². The molecule has 10 rings (SSSR count). The van der Waals surface area contributed by atoms with Crippen molar-refractivity contribution in [2.75, 3.05) is 49.7 Å². The number of carbonyl (C=O) groups excluding carboxylic acids is 2. The number of nitrogens with zero attached hydrogens (tertiary/aromatic N) is 5. The summed E-state index contributed by atoms with van der Waals surface area (Å²) in [5, 5.41) is 16.0. The predicted molar refractivity (Wildman–Crippen MR) is 275 cm³/mol. The number of nitrogens with one attached hydrogen (secondary N) is 2. The number of fused-ring (bicyclic) bond motifs is 5. The predicted octanol–water partition coefficient (Wildman–Crippen LogP) is 8.99. The lowest BCUT2D eigenvalue weighted by Crippen LogP contribution is -2.51. The number of carbonyl (C=O) groups is 2. The summed E-state index contributed by atoms with van der Waals surface area (Å²) in [6.45, 7) is 12.6. The summed E-state index contributed by atoms with van der Waals surface area (Å²) in [5.74, 6) is 8.32. The molecule has 0 radical (unpaired) electrons. The smallest absolute Gasteiger partial charge is 0.253 e. The summed E-state index contributed by atoms with van der Waals surface area (Å²) in [6, 6.07) is 21.4. The lowest BCUT2D eigenvalue weighted by atomic mass is 9.51. The molecule has 1 amide bonds. The van der Waals surface area contributed by atoms with E-state index in [1.165, 1.54) is 28.0 Å². The van der Waals surface area contributed by atoms with Gasteiger partial charge < -0.3 is 29.8 Å². The lowest BCUT2D eigenvalue weighted by Gasteiger charge is -2.53. The van der Waals surface area contributed by atoms with E-state index in [0.29, 0.717) is 29.4 Å². The second-order valence-electron chi connectivity index (χ2n) is 20.8. The Hall–Kier alpha value is -6.22. The van der Waals surface area contributed by atoms with Gasteiger partial charge in [-0.25, -0.2) is 4.98 Å². The molecule has 1 saturated heterocycles. The fourth-order valence-corrected chi connectivity index (χ4v) is 13.0. The number of rotatable bonds is 11. The van der Waals surface area contributed by atoms with Gasteiger partial charge in [-0.2, -0.15) is 0 Å². The standard InChI is InChI=1S/C58H67N7O4/c1-7-9-39-29-37(3)61-56(68)50(39)35-60-55(67)48-31-42(32-52-46(48)21-24-62(52)5)41-13-19-53(59-34-41)65-27-25-64(26-28-65)36-63(6)43-14-10-38(11-15-43)49-33-57(4)51(20-23-58(57,69)22-8-2)47-17-12-40-30-44(66)16-18-45(40)54(47)49/h10-11,13-15,19,21,24,29-32,34,47,49,51,69H,7,9,12,16-18,20,23,25-28,33,35-36H2,1-6H3,(H,60,67)(H,61,68)/t47-,49+,51-,57-,58-/m0/s1. The highest BCUT2D eigenvalue weighted by atomic mass is 16.3. The third-order valence-corrected chi connectivity index (χ3v) is 16.7. The molecule has 3 N–H and O–H groups in total. The molecule has 0 unspecified atom stereocenters. The maximum atomic E-state index is 13.9. The van der Waals surface area contributed by atoms with Gasteiger partial charge in [0.05, 0.1) is 6.67 Å². The Morgan fingerprint density at radius 1 is 1.00 bits per heavy atom. The summed E-state index contributed by atoms with van der Waals surface area (Å²) < 4.78 is 2.03. The van der Waals surface area contributed by atoms with E-state index in [2.05, 4.69) is 100 Å². The van der Waals surface area contributed by atoms with Gasteiger partial charge in [-0.3, -0.25) is 19.3 Å². The first-order valence-electron chi connectivity index (χ1n) is 25.2. The second kappa shape index (κ2) is 18.6. The van der Waals surface area contributed by atoms with Crippen molar-refractivity contribution in [1.82, 2.24) is 24.8 Å². The van der Waals surface area contributed by atoms with Crippen LogP contribution in [0.15, 0.2) is 101 Å². The van der Waals surface area contributed by atoms with E-state index in [0.717, 1.165) is 123 Å². The molecule has 3 aromatic heterocycles. The van der Waals surface area contributed by atoms with Crippen molar-refractivity contribution in [2.24, 2.45) is 24.3 Å². The molecular formula is C58H67N7O4. The number of ketones is 1. The van der Waals surface area contributed by atoms with Crippen molar-refractivity contribution in [3.05, 3.63) is 134 Å². The van der Waals surface area contributed by atoms with Crippen LogP contribution in [0.4, 0.5) is 11.5 Å². The first kappa shape index (κ1) is 46.5. The van der Waals surface area contributed by atoms with Crippen LogP contribution in [0.25, 0.3) is 22.0 Å². The van der Waals surface area contributed by atoms with Crippen molar-refractivity contribution in [3.63, 3.8) is 0 Å². The van der Waals surface area contributed by atoms with E-state index in [-0.39, 0.29) is 35.1 Å². The fourth-order valence-electron chi connectivity index (χ4n) is 13.0. The summed E-state index contributed by atoms with van der Waals surface area (Å²) in [5.41, 5.74) is 11.0. The van der Waals surface area contributed by atoms with E-state index in [9.17, 15) is 19.5 Å². The molecule has 4 aliphatic carbocycles. The van der Waals surface area contributed by atoms with Gasteiger partial charge in [0.25, 0.3) is 11.5 Å². The van der Waals surface area contributed by atoms with E-state index >= 15 is 0 Å². The largest absolute Gasteiger partial charge is 0.377 e. The van der Waals surface area contributed by atoms with Crippen molar-refractivity contribution in [2.45, 2.75) is 104 Å². The number of amides is 1. The fraction of sp³-hybridized carbons (Fsp3) is 0.448. The van der Waals surface area contributed by atoms with E-state index in [1.54, 1.807) is 0 Å². The number of hydrogen-bond donors (Lipinski definition) is 3. The Morgan fingerprint density at radius 3 is 2.54 bits per heavy atom. The SMILES string of the molecule is CC#C[C@]1(O)CC[C@H]2[C@@H]3CCC4=CC(=O)CCC4=C3[C@@H](c3ccc(N(C)CN4CCN(c5ccc(-c6cc(C(=O)NCc7c(CCC)cc(C)[nH]c7=O)c7ccn(C)c7c6)cn5)CC4)cc3)C[C@@]21C. The molecule has 4 heterocycles. The minimum atomic E-state index is -0.987. The number of aromatic amines is 1. The molecule has 5 atom stereocenters. The molecule has 0 spiro atoms. The van der Waals surface area contributed by atoms with Crippen LogP contribution >= 0.6 is 0 Å². The van der Waals surface area contributed by atoms with Crippen LogP contribution in [0, 0.1) is 36.0 Å². The third-order valence-electron chi connectivity index (χ3n) is 16.7.